The van der Waals surface area contributed by atoms with E-state index in [1.807, 2.05) is 30.3 Å². The Hall–Kier alpha value is -2.65. The number of halogens is 3. The Labute approximate surface area is 195 Å². The van der Waals surface area contributed by atoms with E-state index in [1.54, 1.807) is 0 Å². The van der Waals surface area contributed by atoms with Gasteiger partial charge in [0.05, 0.1) is 5.92 Å². The van der Waals surface area contributed by atoms with Crippen molar-refractivity contribution >= 4 is 41.0 Å². The van der Waals surface area contributed by atoms with Crippen molar-refractivity contribution in [2.24, 2.45) is 11.8 Å². The van der Waals surface area contributed by atoms with Gasteiger partial charge in [-0.3, -0.25) is 15.6 Å². The SMILES string of the molecule is O=C(NC[C@@H](CC1CCCC1)C(=O)NNc1nc(Cl)nc(Cl)c1F)OCc1ccccc1. The molecular formula is C21H24Cl2FN5O3. The molecule has 3 N–H and O–H groups in total. The maximum absolute atomic E-state index is 14.0. The van der Waals surface area contributed by atoms with Crippen LogP contribution in [0.2, 0.25) is 10.4 Å². The van der Waals surface area contributed by atoms with E-state index in [1.165, 1.54) is 0 Å². The van der Waals surface area contributed by atoms with Crippen LogP contribution in [0.3, 0.4) is 0 Å². The Kier molecular flexibility index (Phi) is 8.87. The number of anilines is 1. The molecule has 1 saturated carbocycles. The maximum Gasteiger partial charge on any atom is 0.407 e. The second-order valence-corrected chi connectivity index (χ2v) is 8.28. The molecule has 1 atom stereocenters. The third-order valence-corrected chi connectivity index (χ3v) is 5.68. The number of carbonyl (C=O) groups excluding carboxylic acids is 2. The number of rotatable bonds is 9. The fraction of sp³-hybridized carbons (Fsp3) is 0.429. The summed E-state index contributed by atoms with van der Waals surface area (Å²) in [5, 5.41) is 1.91. The topological polar surface area (TPSA) is 105 Å². The predicted octanol–water partition coefficient (Wildman–Crippen LogP) is 4.49. The average Bonchev–Trinajstić information content (AvgIpc) is 3.30. The van der Waals surface area contributed by atoms with Gasteiger partial charge in [0.25, 0.3) is 0 Å². The van der Waals surface area contributed by atoms with Crippen LogP contribution in [-0.4, -0.2) is 28.5 Å². The average molecular weight is 484 g/mol. The smallest absolute Gasteiger partial charge is 0.407 e. The number of hydrogen-bond donors (Lipinski definition) is 3. The number of nitrogens with zero attached hydrogens (tertiary/aromatic N) is 2. The molecule has 8 nitrogen and oxygen atoms in total. The van der Waals surface area contributed by atoms with Gasteiger partial charge >= 0.3 is 6.09 Å². The first-order chi connectivity index (χ1) is 15.4. The van der Waals surface area contributed by atoms with Crippen molar-refractivity contribution in [3.63, 3.8) is 0 Å². The second kappa shape index (κ2) is 11.8. The Morgan fingerprint density at radius 3 is 2.59 bits per heavy atom. The van der Waals surface area contributed by atoms with Crippen LogP contribution in [-0.2, 0) is 16.1 Å². The summed E-state index contributed by atoms with van der Waals surface area (Å²) >= 11 is 11.3. The molecule has 3 rings (SSSR count). The monoisotopic (exact) mass is 483 g/mol. The van der Waals surface area contributed by atoms with Crippen molar-refractivity contribution in [1.82, 2.24) is 20.7 Å². The molecule has 0 saturated heterocycles. The normalized spacial score (nSPS) is 14.6. The van der Waals surface area contributed by atoms with Gasteiger partial charge < -0.3 is 10.1 Å². The zero-order valence-electron chi connectivity index (χ0n) is 17.2. The molecule has 1 aliphatic rings. The van der Waals surface area contributed by atoms with Gasteiger partial charge in [-0.25, -0.2) is 9.78 Å². The van der Waals surface area contributed by atoms with Crippen LogP contribution < -0.4 is 16.2 Å². The lowest BCUT2D eigenvalue weighted by atomic mass is 9.92. The summed E-state index contributed by atoms with van der Waals surface area (Å²) in [6.07, 6.45) is 4.26. The predicted molar refractivity (Wildman–Crippen MR) is 118 cm³/mol. The molecule has 172 valence electrons. The number of alkyl carbamates (subject to hydrolysis) is 1. The summed E-state index contributed by atoms with van der Waals surface area (Å²) < 4.78 is 19.2. The Bertz CT molecular complexity index is 929. The zero-order chi connectivity index (χ0) is 22.9. The van der Waals surface area contributed by atoms with Crippen LogP contribution in [0.25, 0.3) is 0 Å². The highest BCUT2D eigenvalue weighted by molar-refractivity contribution is 6.32. The van der Waals surface area contributed by atoms with Crippen LogP contribution in [0.15, 0.2) is 30.3 Å². The zero-order valence-corrected chi connectivity index (χ0v) is 18.8. The molecule has 1 heterocycles. The molecule has 1 fully saturated rings. The van der Waals surface area contributed by atoms with Crippen molar-refractivity contribution in [1.29, 1.82) is 0 Å². The lowest BCUT2D eigenvalue weighted by molar-refractivity contribution is -0.124. The number of hydrazine groups is 1. The van der Waals surface area contributed by atoms with Crippen molar-refractivity contribution in [3.05, 3.63) is 52.1 Å². The molecule has 1 aromatic heterocycles. The lowest BCUT2D eigenvalue weighted by Gasteiger charge is -2.21. The summed E-state index contributed by atoms with van der Waals surface area (Å²) in [5.41, 5.74) is 5.67. The van der Waals surface area contributed by atoms with Crippen LogP contribution >= 0.6 is 23.2 Å². The first kappa shape index (κ1) is 24.0. The fourth-order valence-corrected chi connectivity index (χ4v) is 3.99. The largest absolute Gasteiger partial charge is 0.445 e. The molecule has 0 aliphatic heterocycles. The van der Waals surface area contributed by atoms with E-state index in [2.05, 4.69) is 26.1 Å². The molecule has 2 amide bonds. The van der Waals surface area contributed by atoms with E-state index in [0.717, 1.165) is 31.2 Å². The molecule has 2 aromatic rings. The van der Waals surface area contributed by atoms with Gasteiger partial charge in [-0.1, -0.05) is 67.6 Å². The maximum atomic E-state index is 14.0. The molecule has 32 heavy (non-hydrogen) atoms. The van der Waals surface area contributed by atoms with Crippen molar-refractivity contribution in [2.45, 2.75) is 38.7 Å². The number of benzene rings is 1. The number of hydrogen-bond acceptors (Lipinski definition) is 6. The minimum atomic E-state index is -0.939. The number of carbonyl (C=O) groups is 2. The summed E-state index contributed by atoms with van der Waals surface area (Å²) in [6.45, 7) is 0.202. The van der Waals surface area contributed by atoms with Crippen molar-refractivity contribution in [2.75, 3.05) is 12.0 Å². The van der Waals surface area contributed by atoms with Crippen LogP contribution in [0, 0.1) is 17.7 Å². The fourth-order valence-electron chi connectivity index (χ4n) is 3.61. The summed E-state index contributed by atoms with van der Waals surface area (Å²) in [7, 11) is 0. The molecule has 0 bridgehead atoms. The lowest BCUT2D eigenvalue weighted by Crippen LogP contribution is -2.42. The molecule has 11 heteroatoms. The van der Waals surface area contributed by atoms with Gasteiger partial charge in [-0.05, 0) is 29.5 Å². The molecule has 0 unspecified atom stereocenters. The first-order valence-electron chi connectivity index (χ1n) is 10.3. The number of ether oxygens (including phenoxy) is 1. The summed E-state index contributed by atoms with van der Waals surface area (Å²) in [5.74, 6) is -1.88. The second-order valence-electron chi connectivity index (χ2n) is 7.59. The number of amides is 2. The molecular weight excluding hydrogens is 460 g/mol. The Balaban J connectivity index is 1.55. The van der Waals surface area contributed by atoms with Gasteiger partial charge in [-0.2, -0.15) is 9.37 Å². The van der Waals surface area contributed by atoms with Crippen molar-refractivity contribution in [3.8, 4) is 0 Å². The Morgan fingerprint density at radius 1 is 1.16 bits per heavy atom. The molecule has 0 spiro atoms. The van der Waals surface area contributed by atoms with Gasteiger partial charge in [0, 0.05) is 6.54 Å². The van der Waals surface area contributed by atoms with Gasteiger partial charge in [0.2, 0.25) is 17.0 Å². The standard InChI is InChI=1S/C21H24Cl2FN5O3/c22-17-16(24)18(27-20(23)26-17)28-29-19(30)15(10-13-6-4-5-7-13)11-25-21(31)32-12-14-8-2-1-3-9-14/h1-3,8-9,13,15H,4-7,10-12H2,(H,25,31)(H,29,30)(H,26,27,28)/t15-/m1/s1. The van der Waals surface area contributed by atoms with Gasteiger partial charge in [0.15, 0.2) is 11.0 Å². The molecule has 1 aromatic carbocycles. The van der Waals surface area contributed by atoms with Crippen LogP contribution in [0.1, 0.15) is 37.7 Å². The van der Waals surface area contributed by atoms with E-state index < -0.39 is 28.9 Å². The van der Waals surface area contributed by atoms with E-state index in [4.69, 9.17) is 27.9 Å². The molecule has 0 radical (unpaired) electrons. The number of nitrogens with one attached hydrogen (secondary N) is 3. The van der Waals surface area contributed by atoms with E-state index >= 15 is 0 Å². The highest BCUT2D eigenvalue weighted by Gasteiger charge is 2.26. The highest BCUT2D eigenvalue weighted by Crippen LogP contribution is 2.30. The van der Waals surface area contributed by atoms with E-state index in [9.17, 15) is 14.0 Å². The van der Waals surface area contributed by atoms with Gasteiger partial charge in [0.1, 0.15) is 6.61 Å². The quantitative estimate of drug-likeness (QED) is 0.275. The first-order valence-corrected chi connectivity index (χ1v) is 11.1. The highest BCUT2D eigenvalue weighted by atomic mass is 35.5. The minimum absolute atomic E-state index is 0.0748. The van der Waals surface area contributed by atoms with Gasteiger partial charge in [-0.15, -0.1) is 0 Å². The Morgan fingerprint density at radius 2 is 1.88 bits per heavy atom. The summed E-state index contributed by atoms with van der Waals surface area (Å²) in [6, 6.07) is 9.28. The third kappa shape index (κ3) is 7.20. The van der Waals surface area contributed by atoms with Crippen LogP contribution in [0.4, 0.5) is 15.0 Å². The van der Waals surface area contributed by atoms with Crippen molar-refractivity contribution < 1.29 is 18.7 Å². The van der Waals surface area contributed by atoms with E-state index in [-0.39, 0.29) is 24.3 Å². The third-order valence-electron chi connectivity index (χ3n) is 5.26. The number of aromatic nitrogens is 2. The van der Waals surface area contributed by atoms with E-state index in [0.29, 0.717) is 12.3 Å². The van der Waals surface area contributed by atoms with Crippen LogP contribution in [0.5, 0.6) is 0 Å². The summed E-state index contributed by atoms with van der Waals surface area (Å²) in [4.78, 5) is 32.0. The minimum Gasteiger partial charge on any atom is -0.445 e. The molecule has 1 aliphatic carbocycles.